The summed E-state index contributed by atoms with van der Waals surface area (Å²) in [5, 5.41) is 12.6. The molecule has 0 saturated carbocycles. The minimum absolute atomic E-state index is 0.313. The van der Waals surface area contributed by atoms with Crippen LogP contribution >= 0.6 is 0 Å². The summed E-state index contributed by atoms with van der Waals surface area (Å²) < 4.78 is 5.19. The molecule has 0 radical (unpaired) electrons. The largest absolute Gasteiger partial charge is 0.508 e. The third kappa shape index (κ3) is 4.30. The van der Waals surface area contributed by atoms with Gasteiger partial charge in [-0.25, -0.2) is 0 Å². The molecule has 0 fully saturated rings. The molecular formula is C16H19NO2. The third-order valence-corrected chi connectivity index (χ3v) is 2.99. The van der Waals surface area contributed by atoms with Gasteiger partial charge in [-0.2, -0.15) is 0 Å². The van der Waals surface area contributed by atoms with E-state index in [1.807, 2.05) is 30.3 Å². The lowest BCUT2D eigenvalue weighted by Gasteiger charge is -2.07. The molecule has 0 heterocycles. The molecule has 3 nitrogen and oxygen atoms in total. The zero-order valence-electron chi connectivity index (χ0n) is 11.1. The number of aromatic hydroxyl groups is 1. The van der Waals surface area contributed by atoms with Crippen LogP contribution in [-0.2, 0) is 13.0 Å². The van der Waals surface area contributed by atoms with Gasteiger partial charge in [0.1, 0.15) is 11.5 Å². The first-order valence-corrected chi connectivity index (χ1v) is 6.39. The van der Waals surface area contributed by atoms with Gasteiger partial charge in [0.25, 0.3) is 0 Å². The summed E-state index contributed by atoms with van der Waals surface area (Å²) in [6.45, 7) is 1.73. The Labute approximate surface area is 113 Å². The summed E-state index contributed by atoms with van der Waals surface area (Å²) in [4.78, 5) is 0. The van der Waals surface area contributed by atoms with Crippen molar-refractivity contribution in [3.05, 3.63) is 59.7 Å². The molecule has 0 saturated heterocycles. The maximum atomic E-state index is 9.20. The first-order chi connectivity index (χ1) is 9.28. The molecule has 0 amide bonds. The fraction of sp³-hybridized carbons (Fsp3) is 0.250. The van der Waals surface area contributed by atoms with Crippen molar-refractivity contribution in [1.82, 2.24) is 5.32 Å². The van der Waals surface area contributed by atoms with Gasteiger partial charge in [-0.3, -0.25) is 0 Å². The van der Waals surface area contributed by atoms with E-state index < -0.39 is 0 Å². The number of phenols is 1. The van der Waals surface area contributed by atoms with Crippen LogP contribution in [0.25, 0.3) is 0 Å². The van der Waals surface area contributed by atoms with Gasteiger partial charge in [-0.05, 0) is 48.4 Å². The molecule has 100 valence electrons. The van der Waals surface area contributed by atoms with Crippen LogP contribution in [0.5, 0.6) is 11.5 Å². The summed E-state index contributed by atoms with van der Waals surface area (Å²) >= 11 is 0. The van der Waals surface area contributed by atoms with Gasteiger partial charge in [-0.15, -0.1) is 0 Å². The Morgan fingerprint density at radius 2 is 1.84 bits per heavy atom. The minimum atomic E-state index is 0.313. The van der Waals surface area contributed by atoms with Crippen LogP contribution in [-0.4, -0.2) is 18.8 Å². The Bertz CT molecular complexity index is 508. The maximum Gasteiger partial charge on any atom is 0.119 e. The van der Waals surface area contributed by atoms with E-state index in [4.69, 9.17) is 4.74 Å². The quantitative estimate of drug-likeness (QED) is 0.782. The van der Waals surface area contributed by atoms with Crippen molar-refractivity contribution in [1.29, 1.82) is 0 Å². The number of methoxy groups -OCH3 is 1. The van der Waals surface area contributed by atoms with Crippen LogP contribution in [0.4, 0.5) is 0 Å². The lowest BCUT2D eigenvalue weighted by molar-refractivity contribution is 0.414. The summed E-state index contributed by atoms with van der Waals surface area (Å²) in [7, 11) is 1.68. The van der Waals surface area contributed by atoms with E-state index in [2.05, 4.69) is 11.4 Å². The van der Waals surface area contributed by atoms with Crippen molar-refractivity contribution in [2.24, 2.45) is 0 Å². The molecule has 3 heteroatoms. The van der Waals surface area contributed by atoms with Crippen LogP contribution < -0.4 is 10.1 Å². The molecule has 0 unspecified atom stereocenters. The van der Waals surface area contributed by atoms with E-state index >= 15 is 0 Å². The van der Waals surface area contributed by atoms with E-state index in [0.717, 1.165) is 25.3 Å². The number of hydrogen-bond acceptors (Lipinski definition) is 3. The summed E-state index contributed by atoms with van der Waals surface area (Å²) in [5.41, 5.74) is 2.43. The highest BCUT2D eigenvalue weighted by atomic mass is 16.5. The number of ether oxygens (including phenoxy) is 1. The van der Waals surface area contributed by atoms with Crippen LogP contribution in [0.2, 0.25) is 0 Å². The Morgan fingerprint density at radius 3 is 2.58 bits per heavy atom. The molecule has 2 aromatic carbocycles. The third-order valence-electron chi connectivity index (χ3n) is 2.99. The zero-order chi connectivity index (χ0) is 13.5. The monoisotopic (exact) mass is 257 g/mol. The van der Waals surface area contributed by atoms with E-state index in [1.54, 1.807) is 19.2 Å². The number of benzene rings is 2. The lowest BCUT2D eigenvalue weighted by atomic mass is 10.1. The van der Waals surface area contributed by atoms with Crippen molar-refractivity contribution in [2.75, 3.05) is 13.7 Å². The first-order valence-electron chi connectivity index (χ1n) is 6.39. The highest BCUT2D eigenvalue weighted by Crippen LogP contribution is 2.12. The highest BCUT2D eigenvalue weighted by Gasteiger charge is 1.97. The van der Waals surface area contributed by atoms with E-state index in [9.17, 15) is 5.11 Å². The van der Waals surface area contributed by atoms with Gasteiger partial charge in [0.15, 0.2) is 0 Å². The Kier molecular flexibility index (Phi) is 4.81. The average Bonchev–Trinajstić information content (AvgIpc) is 2.46. The maximum absolute atomic E-state index is 9.20. The second kappa shape index (κ2) is 6.81. The fourth-order valence-electron chi connectivity index (χ4n) is 1.91. The van der Waals surface area contributed by atoms with Gasteiger partial charge < -0.3 is 15.2 Å². The molecule has 0 aliphatic heterocycles. The molecule has 0 atom stereocenters. The topological polar surface area (TPSA) is 41.5 Å². The smallest absolute Gasteiger partial charge is 0.119 e. The van der Waals surface area contributed by atoms with Crippen molar-refractivity contribution in [3.63, 3.8) is 0 Å². The van der Waals surface area contributed by atoms with Crippen LogP contribution in [0.3, 0.4) is 0 Å². The molecule has 0 aliphatic rings. The molecule has 2 N–H and O–H groups in total. The van der Waals surface area contributed by atoms with Gasteiger partial charge in [0.2, 0.25) is 0 Å². The van der Waals surface area contributed by atoms with Gasteiger partial charge in [0, 0.05) is 6.54 Å². The Balaban J connectivity index is 1.75. The minimum Gasteiger partial charge on any atom is -0.508 e. The molecule has 2 rings (SSSR count). The number of rotatable bonds is 6. The van der Waals surface area contributed by atoms with Crippen molar-refractivity contribution in [2.45, 2.75) is 13.0 Å². The second-order valence-electron chi connectivity index (χ2n) is 4.44. The second-order valence-corrected chi connectivity index (χ2v) is 4.44. The molecule has 0 bridgehead atoms. The van der Waals surface area contributed by atoms with Gasteiger partial charge in [-0.1, -0.05) is 24.3 Å². The summed E-state index contributed by atoms with van der Waals surface area (Å²) in [6.07, 6.45) is 0.949. The SMILES string of the molecule is COc1cccc(CNCCc2ccc(O)cc2)c1. The molecular weight excluding hydrogens is 238 g/mol. The predicted octanol–water partition coefficient (Wildman–Crippen LogP) is 2.73. The van der Waals surface area contributed by atoms with Crippen LogP contribution in [0.1, 0.15) is 11.1 Å². The number of hydrogen-bond donors (Lipinski definition) is 2. The Morgan fingerprint density at radius 1 is 1.05 bits per heavy atom. The van der Waals surface area contributed by atoms with Crippen LogP contribution in [0, 0.1) is 0 Å². The predicted molar refractivity (Wildman–Crippen MR) is 76.5 cm³/mol. The van der Waals surface area contributed by atoms with Crippen molar-refractivity contribution in [3.8, 4) is 11.5 Å². The highest BCUT2D eigenvalue weighted by molar-refractivity contribution is 5.28. The zero-order valence-corrected chi connectivity index (χ0v) is 11.1. The first kappa shape index (κ1) is 13.4. The lowest BCUT2D eigenvalue weighted by Crippen LogP contribution is -2.16. The van der Waals surface area contributed by atoms with Crippen molar-refractivity contribution < 1.29 is 9.84 Å². The van der Waals surface area contributed by atoms with E-state index in [0.29, 0.717) is 5.75 Å². The molecule has 2 aromatic rings. The van der Waals surface area contributed by atoms with Gasteiger partial charge in [0.05, 0.1) is 7.11 Å². The number of phenolic OH excluding ortho intramolecular Hbond substituents is 1. The molecule has 0 aromatic heterocycles. The molecule has 0 spiro atoms. The van der Waals surface area contributed by atoms with Crippen LogP contribution in [0.15, 0.2) is 48.5 Å². The number of nitrogens with one attached hydrogen (secondary N) is 1. The van der Waals surface area contributed by atoms with E-state index in [-0.39, 0.29) is 0 Å². The van der Waals surface area contributed by atoms with Gasteiger partial charge >= 0.3 is 0 Å². The summed E-state index contributed by atoms with van der Waals surface area (Å²) in [6, 6.07) is 15.4. The molecule has 0 aliphatic carbocycles. The molecule has 19 heavy (non-hydrogen) atoms. The normalized spacial score (nSPS) is 10.4. The van der Waals surface area contributed by atoms with Crippen molar-refractivity contribution >= 4 is 0 Å². The summed E-state index contributed by atoms with van der Waals surface area (Å²) in [5.74, 6) is 1.20. The standard InChI is InChI=1S/C16H19NO2/c1-19-16-4-2-3-14(11-16)12-17-10-9-13-5-7-15(18)8-6-13/h2-8,11,17-18H,9-10,12H2,1H3. The Hall–Kier alpha value is -2.00. The fourth-order valence-corrected chi connectivity index (χ4v) is 1.91. The van der Waals surface area contributed by atoms with E-state index in [1.165, 1.54) is 11.1 Å². The average molecular weight is 257 g/mol.